The normalized spacial score (nSPS) is 19.8. The predicted octanol–water partition coefficient (Wildman–Crippen LogP) is 2.04. The van der Waals surface area contributed by atoms with Crippen molar-refractivity contribution in [2.75, 3.05) is 13.7 Å². The van der Waals surface area contributed by atoms with Gasteiger partial charge in [-0.3, -0.25) is 23.7 Å². The first-order valence-corrected chi connectivity index (χ1v) is 11.6. The van der Waals surface area contributed by atoms with E-state index < -0.39 is 42.8 Å². The average Bonchev–Trinajstić information content (AvgIpc) is 3.23. The number of hydrogen-bond donors (Lipinski definition) is 2. The van der Waals surface area contributed by atoms with Crippen molar-refractivity contribution in [3.63, 3.8) is 0 Å². The van der Waals surface area contributed by atoms with E-state index in [2.05, 4.69) is 10.1 Å². The van der Waals surface area contributed by atoms with E-state index in [9.17, 15) is 18.9 Å². The van der Waals surface area contributed by atoms with Crippen molar-refractivity contribution in [3.05, 3.63) is 75.1 Å². The third-order valence-electron chi connectivity index (χ3n) is 4.71. The lowest BCUT2D eigenvalue weighted by Gasteiger charge is -2.29. The van der Waals surface area contributed by atoms with E-state index in [4.69, 9.17) is 18.5 Å². The first-order valence-electron chi connectivity index (χ1n) is 10.1. The van der Waals surface area contributed by atoms with Gasteiger partial charge in [-0.15, -0.1) is 0 Å². The molecule has 33 heavy (non-hydrogen) atoms. The molecule has 2 N–H and O–H groups in total. The predicted molar refractivity (Wildman–Crippen MR) is 119 cm³/mol. The molecule has 0 radical (unpaired) electrons. The number of H-pyrrole nitrogens is 1. The summed E-state index contributed by atoms with van der Waals surface area (Å²) in [6, 6.07) is 8.35. The van der Waals surface area contributed by atoms with Crippen molar-refractivity contribution in [1.82, 2.24) is 14.6 Å². The highest BCUT2D eigenvalue weighted by Crippen LogP contribution is 2.46. The molecule has 2 heterocycles. The highest BCUT2D eigenvalue weighted by molar-refractivity contribution is 7.52. The molecular formula is C21H26N3O8P. The highest BCUT2D eigenvalue weighted by Gasteiger charge is 2.40. The number of esters is 1. The number of carbonyl (C=O) groups excluding carboxylic acids is 1. The first-order chi connectivity index (χ1) is 15.5. The Morgan fingerprint density at radius 2 is 1.94 bits per heavy atom. The average molecular weight is 479 g/mol. The Morgan fingerprint density at radius 3 is 2.61 bits per heavy atom. The van der Waals surface area contributed by atoms with E-state index in [1.54, 1.807) is 49.4 Å². The second-order valence-electron chi connectivity index (χ2n) is 7.85. The molecule has 11 nitrogen and oxygen atoms in total. The number of aromatic amines is 1. The Bertz CT molecular complexity index is 1190. The quantitative estimate of drug-likeness (QED) is 0.314. The third-order valence-corrected chi connectivity index (χ3v) is 6.49. The third kappa shape index (κ3) is 6.08. The van der Waals surface area contributed by atoms with Crippen LogP contribution in [0.2, 0.25) is 0 Å². The number of methoxy groups -OCH3 is 1. The van der Waals surface area contributed by atoms with E-state index >= 15 is 0 Å². The van der Waals surface area contributed by atoms with Gasteiger partial charge < -0.3 is 14.0 Å². The van der Waals surface area contributed by atoms with Crippen molar-refractivity contribution in [2.24, 2.45) is 0 Å². The van der Waals surface area contributed by atoms with Gasteiger partial charge in [-0.05, 0) is 39.0 Å². The number of para-hydroxylation sites is 1. The van der Waals surface area contributed by atoms with E-state index in [-0.39, 0.29) is 12.4 Å². The van der Waals surface area contributed by atoms with Crippen LogP contribution < -0.4 is 20.9 Å². The molecule has 3 atom stereocenters. The van der Waals surface area contributed by atoms with Crippen LogP contribution in [0.25, 0.3) is 0 Å². The maximum absolute atomic E-state index is 13.5. The fraction of sp³-hybridized carbons (Fsp3) is 0.381. The maximum atomic E-state index is 13.5. The fourth-order valence-corrected chi connectivity index (χ4v) is 4.71. The number of aryl methyl sites for hydroxylation is 1. The number of hydrogen-bond acceptors (Lipinski definition) is 8. The van der Waals surface area contributed by atoms with Gasteiger partial charge in [0.1, 0.15) is 17.4 Å². The molecule has 0 spiro atoms. The number of carbonyl (C=O) groups is 1. The smallest absolute Gasteiger partial charge is 0.459 e. The minimum Gasteiger partial charge on any atom is -0.468 e. The molecule has 0 bridgehead atoms. The van der Waals surface area contributed by atoms with Crippen LogP contribution in [-0.2, 0) is 23.4 Å². The van der Waals surface area contributed by atoms with E-state index in [1.165, 1.54) is 31.7 Å². The SMILES string of the molecule is COC(=O)C(C)(C)NP(=O)(OCC1C=CC(n2cc(C)c(=O)[nH]c2=O)O1)Oc1ccccc1. The van der Waals surface area contributed by atoms with E-state index in [0.717, 1.165) is 0 Å². The fourth-order valence-electron chi connectivity index (χ4n) is 3.03. The van der Waals surface area contributed by atoms with Crippen LogP contribution in [0.1, 0.15) is 25.6 Å². The van der Waals surface area contributed by atoms with Crippen molar-refractivity contribution in [1.29, 1.82) is 0 Å². The molecule has 2 aromatic rings. The van der Waals surface area contributed by atoms with Gasteiger partial charge in [0, 0.05) is 11.8 Å². The van der Waals surface area contributed by atoms with E-state index in [0.29, 0.717) is 5.56 Å². The lowest BCUT2D eigenvalue weighted by Crippen LogP contribution is -2.46. The first kappa shape index (κ1) is 24.7. The number of benzene rings is 1. The second-order valence-corrected chi connectivity index (χ2v) is 9.51. The van der Waals surface area contributed by atoms with Crippen molar-refractivity contribution in [3.8, 4) is 5.75 Å². The lowest BCUT2D eigenvalue weighted by molar-refractivity contribution is -0.146. The monoisotopic (exact) mass is 479 g/mol. The summed E-state index contributed by atoms with van der Waals surface area (Å²) in [5.41, 5.74) is -2.13. The number of nitrogens with zero attached hydrogens (tertiary/aromatic N) is 1. The number of ether oxygens (including phenoxy) is 2. The summed E-state index contributed by atoms with van der Waals surface area (Å²) < 4.78 is 36.5. The molecule has 0 saturated heterocycles. The number of nitrogens with one attached hydrogen (secondary N) is 2. The molecule has 1 aliphatic heterocycles. The van der Waals surface area contributed by atoms with Gasteiger partial charge in [0.15, 0.2) is 6.23 Å². The number of aromatic nitrogens is 2. The molecule has 0 saturated carbocycles. The molecule has 3 rings (SSSR count). The van der Waals surface area contributed by atoms with Crippen LogP contribution in [0.4, 0.5) is 0 Å². The summed E-state index contributed by atoms with van der Waals surface area (Å²) >= 11 is 0. The molecule has 0 fully saturated rings. The van der Waals surface area contributed by atoms with Crippen LogP contribution in [0, 0.1) is 6.92 Å². The maximum Gasteiger partial charge on any atom is 0.459 e. The standard InChI is InChI=1S/C21H26N3O8P/c1-14-12-24(20(27)22-18(14)25)17-11-10-16(31-17)13-30-33(28,23-21(2,3)19(26)29-4)32-15-8-6-5-7-9-15/h5-12,16-17H,13H2,1-4H3,(H,23,28)(H,22,25,27). The van der Waals surface area contributed by atoms with Crippen LogP contribution in [0.3, 0.4) is 0 Å². The minimum atomic E-state index is -4.08. The summed E-state index contributed by atoms with van der Waals surface area (Å²) in [5, 5.41) is 2.62. The van der Waals surface area contributed by atoms with Crippen molar-refractivity contribution < 1.29 is 27.9 Å². The Morgan fingerprint density at radius 1 is 1.24 bits per heavy atom. The summed E-state index contributed by atoms with van der Waals surface area (Å²) in [5.74, 6) is -0.391. The van der Waals surface area contributed by atoms with Gasteiger partial charge in [-0.25, -0.2) is 9.36 Å². The van der Waals surface area contributed by atoms with Gasteiger partial charge in [-0.1, -0.05) is 24.3 Å². The van der Waals surface area contributed by atoms with E-state index in [1.807, 2.05) is 0 Å². The number of rotatable bonds is 9. The Kier molecular flexibility index (Phi) is 7.38. The molecule has 12 heteroatoms. The van der Waals surface area contributed by atoms with Gasteiger partial charge >= 0.3 is 19.4 Å². The van der Waals surface area contributed by atoms with Crippen molar-refractivity contribution >= 4 is 13.7 Å². The lowest BCUT2D eigenvalue weighted by atomic mass is 10.1. The zero-order valence-electron chi connectivity index (χ0n) is 18.6. The largest absolute Gasteiger partial charge is 0.468 e. The summed E-state index contributed by atoms with van der Waals surface area (Å²) in [7, 11) is -2.86. The molecule has 1 aromatic carbocycles. The summed E-state index contributed by atoms with van der Waals surface area (Å²) in [6.45, 7) is 4.32. The van der Waals surface area contributed by atoms with Crippen LogP contribution in [-0.4, -0.2) is 40.9 Å². The molecule has 0 amide bonds. The molecule has 178 valence electrons. The molecule has 3 unspecified atom stereocenters. The Balaban J connectivity index is 1.73. The molecular weight excluding hydrogens is 453 g/mol. The molecule has 1 aromatic heterocycles. The Labute approximate surface area is 189 Å². The van der Waals surface area contributed by atoms with Crippen molar-refractivity contribution in [2.45, 2.75) is 38.6 Å². The highest BCUT2D eigenvalue weighted by atomic mass is 31.2. The molecule has 0 aliphatic carbocycles. The topological polar surface area (TPSA) is 138 Å². The zero-order valence-corrected chi connectivity index (χ0v) is 19.5. The van der Waals surface area contributed by atoms with Gasteiger partial charge in [0.2, 0.25) is 0 Å². The summed E-state index contributed by atoms with van der Waals surface area (Å²) in [6.07, 6.45) is 3.18. The molecule has 1 aliphatic rings. The van der Waals surface area contributed by atoms with Crippen LogP contribution >= 0.6 is 7.75 Å². The van der Waals surface area contributed by atoms with Gasteiger partial charge in [-0.2, -0.15) is 5.09 Å². The van der Waals surface area contributed by atoms with Crippen LogP contribution in [0.15, 0.2) is 58.3 Å². The van der Waals surface area contributed by atoms with Crippen LogP contribution in [0.5, 0.6) is 5.75 Å². The Hall–Kier alpha value is -2.98. The minimum absolute atomic E-state index is 0.210. The summed E-state index contributed by atoms with van der Waals surface area (Å²) in [4.78, 5) is 38.0. The van der Waals surface area contributed by atoms with Gasteiger partial charge in [0.05, 0.1) is 13.7 Å². The van der Waals surface area contributed by atoms with Gasteiger partial charge in [0.25, 0.3) is 5.56 Å². The second kappa shape index (κ2) is 9.88. The zero-order chi connectivity index (χ0) is 24.2.